The van der Waals surface area contributed by atoms with E-state index in [1.165, 1.54) is 7.11 Å². The molecule has 22 heavy (non-hydrogen) atoms. The number of ether oxygens (including phenoxy) is 1. The predicted octanol–water partition coefficient (Wildman–Crippen LogP) is 3.24. The highest BCUT2D eigenvalue weighted by atomic mass is 32.1. The number of aromatic nitrogens is 1. The summed E-state index contributed by atoms with van der Waals surface area (Å²) >= 11 is 1.62. The van der Waals surface area contributed by atoms with Crippen LogP contribution in [0.5, 0.6) is 0 Å². The Balaban J connectivity index is 1.78. The first-order valence-corrected chi connectivity index (χ1v) is 8.44. The Kier molecular flexibility index (Phi) is 4.59. The van der Waals surface area contributed by atoms with Crippen molar-refractivity contribution in [2.24, 2.45) is 0 Å². The van der Waals surface area contributed by atoms with Crippen molar-refractivity contribution in [1.29, 1.82) is 0 Å². The minimum absolute atomic E-state index is 0.154. The van der Waals surface area contributed by atoms with Gasteiger partial charge in [-0.05, 0) is 37.8 Å². The molecule has 0 unspecified atom stereocenters. The number of esters is 1. The molecule has 2 aromatic rings. The van der Waals surface area contributed by atoms with Crippen LogP contribution in [-0.4, -0.2) is 35.5 Å². The van der Waals surface area contributed by atoms with Gasteiger partial charge in [-0.25, -0.2) is 4.98 Å². The summed E-state index contributed by atoms with van der Waals surface area (Å²) in [5, 5.41) is 4.03. The lowest BCUT2D eigenvalue weighted by Crippen LogP contribution is -2.44. The molecule has 0 N–H and O–H groups in total. The van der Waals surface area contributed by atoms with Crippen LogP contribution in [0.2, 0.25) is 0 Å². The van der Waals surface area contributed by atoms with E-state index in [2.05, 4.69) is 9.88 Å². The molecule has 0 bridgehead atoms. The van der Waals surface area contributed by atoms with Crippen LogP contribution >= 0.6 is 11.3 Å². The molecule has 0 radical (unpaired) electrons. The highest BCUT2D eigenvalue weighted by molar-refractivity contribution is 7.08. The van der Waals surface area contributed by atoms with E-state index in [4.69, 9.17) is 9.15 Å². The molecule has 0 amide bonds. The summed E-state index contributed by atoms with van der Waals surface area (Å²) in [4.78, 5) is 18.7. The van der Waals surface area contributed by atoms with Gasteiger partial charge in [0.25, 0.3) is 0 Å². The van der Waals surface area contributed by atoms with Gasteiger partial charge in [-0.1, -0.05) is 6.42 Å². The van der Waals surface area contributed by atoms with E-state index in [0.717, 1.165) is 42.8 Å². The average molecular weight is 320 g/mol. The molecule has 118 valence electrons. The second-order valence-electron chi connectivity index (χ2n) is 5.54. The van der Waals surface area contributed by atoms with E-state index in [9.17, 15) is 4.79 Å². The third-order valence-electron chi connectivity index (χ3n) is 4.10. The summed E-state index contributed by atoms with van der Waals surface area (Å²) in [5.41, 5.74) is 1.90. The zero-order valence-corrected chi connectivity index (χ0v) is 13.7. The van der Waals surface area contributed by atoms with Crippen LogP contribution in [0.1, 0.15) is 30.7 Å². The number of oxazole rings is 1. The second kappa shape index (κ2) is 6.62. The smallest absolute Gasteiger partial charge is 0.323 e. The minimum Gasteiger partial charge on any atom is -0.468 e. The van der Waals surface area contributed by atoms with Crippen LogP contribution in [-0.2, 0) is 16.1 Å². The number of carbonyl (C=O) groups excluding carboxylic acids is 1. The normalized spacial score (nSPS) is 19.3. The molecule has 1 aliphatic heterocycles. The fourth-order valence-electron chi connectivity index (χ4n) is 2.86. The van der Waals surface area contributed by atoms with E-state index in [1.54, 1.807) is 11.3 Å². The van der Waals surface area contributed by atoms with Crippen LogP contribution < -0.4 is 0 Å². The Bertz CT molecular complexity index is 636. The Morgan fingerprint density at radius 2 is 2.41 bits per heavy atom. The van der Waals surface area contributed by atoms with E-state index in [0.29, 0.717) is 12.4 Å². The average Bonchev–Trinajstić information content (AvgIpc) is 3.17. The van der Waals surface area contributed by atoms with E-state index < -0.39 is 0 Å². The summed E-state index contributed by atoms with van der Waals surface area (Å²) in [7, 11) is 1.45. The van der Waals surface area contributed by atoms with Crippen molar-refractivity contribution in [3.8, 4) is 11.5 Å². The van der Waals surface area contributed by atoms with Gasteiger partial charge in [-0.3, -0.25) is 9.69 Å². The molecule has 0 aliphatic carbocycles. The number of carbonyl (C=O) groups is 1. The monoisotopic (exact) mass is 320 g/mol. The van der Waals surface area contributed by atoms with Crippen LogP contribution in [0.3, 0.4) is 0 Å². The van der Waals surface area contributed by atoms with Crippen molar-refractivity contribution >= 4 is 17.3 Å². The quantitative estimate of drug-likeness (QED) is 0.810. The minimum atomic E-state index is -0.167. The van der Waals surface area contributed by atoms with Gasteiger partial charge in [0.15, 0.2) is 0 Å². The van der Waals surface area contributed by atoms with E-state index in [-0.39, 0.29) is 12.0 Å². The Labute approximate surface area is 133 Å². The maximum Gasteiger partial charge on any atom is 0.323 e. The lowest BCUT2D eigenvalue weighted by Gasteiger charge is -2.33. The Morgan fingerprint density at radius 3 is 3.14 bits per heavy atom. The van der Waals surface area contributed by atoms with Crippen molar-refractivity contribution in [2.75, 3.05) is 13.7 Å². The predicted molar refractivity (Wildman–Crippen MR) is 84.6 cm³/mol. The molecule has 0 aromatic carbocycles. The topological polar surface area (TPSA) is 55.6 Å². The molecule has 3 rings (SSSR count). The fourth-order valence-corrected chi connectivity index (χ4v) is 3.49. The number of hydrogen-bond donors (Lipinski definition) is 0. The number of aryl methyl sites for hydroxylation is 1. The van der Waals surface area contributed by atoms with Crippen molar-refractivity contribution in [1.82, 2.24) is 9.88 Å². The molecule has 3 heterocycles. The first-order chi connectivity index (χ1) is 10.7. The molecule has 1 fully saturated rings. The van der Waals surface area contributed by atoms with Gasteiger partial charge in [0.05, 0.1) is 12.8 Å². The van der Waals surface area contributed by atoms with Gasteiger partial charge in [0.2, 0.25) is 5.89 Å². The van der Waals surface area contributed by atoms with Gasteiger partial charge in [0.1, 0.15) is 11.8 Å². The van der Waals surface area contributed by atoms with Crippen LogP contribution in [0, 0.1) is 6.92 Å². The number of hydrogen-bond acceptors (Lipinski definition) is 6. The highest BCUT2D eigenvalue weighted by Gasteiger charge is 2.30. The Hall–Kier alpha value is -1.66. The van der Waals surface area contributed by atoms with E-state index in [1.807, 2.05) is 23.8 Å². The summed E-state index contributed by atoms with van der Waals surface area (Å²) in [6, 6.07) is 1.83. The molecule has 0 spiro atoms. The van der Waals surface area contributed by atoms with Gasteiger partial charge >= 0.3 is 5.97 Å². The summed E-state index contributed by atoms with van der Waals surface area (Å²) in [5.74, 6) is 1.31. The number of thiophene rings is 1. The van der Waals surface area contributed by atoms with Gasteiger partial charge < -0.3 is 9.15 Å². The summed E-state index contributed by atoms with van der Waals surface area (Å²) in [6.07, 6.45) is 3.01. The highest BCUT2D eigenvalue weighted by Crippen LogP contribution is 2.26. The van der Waals surface area contributed by atoms with Gasteiger partial charge in [-0.15, -0.1) is 0 Å². The number of rotatable bonds is 4. The van der Waals surface area contributed by atoms with Crippen molar-refractivity contribution in [2.45, 2.75) is 38.8 Å². The SMILES string of the molecule is COC(=O)[C@H]1CCCCN1Cc1nc(-c2ccsc2)oc1C. The Morgan fingerprint density at radius 1 is 1.55 bits per heavy atom. The molecule has 0 saturated carbocycles. The van der Waals surface area contributed by atoms with Crippen LogP contribution in [0.15, 0.2) is 21.2 Å². The maximum atomic E-state index is 11.9. The lowest BCUT2D eigenvalue weighted by molar-refractivity contribution is -0.148. The zero-order valence-electron chi connectivity index (χ0n) is 12.9. The first kappa shape index (κ1) is 15.2. The molecular formula is C16H20N2O3S. The third-order valence-corrected chi connectivity index (χ3v) is 4.78. The summed E-state index contributed by atoms with van der Waals surface area (Å²) in [6.45, 7) is 3.44. The molecule has 6 heteroatoms. The zero-order chi connectivity index (χ0) is 15.5. The largest absolute Gasteiger partial charge is 0.468 e. The third kappa shape index (κ3) is 3.08. The molecular weight excluding hydrogens is 300 g/mol. The second-order valence-corrected chi connectivity index (χ2v) is 6.32. The maximum absolute atomic E-state index is 11.9. The lowest BCUT2D eigenvalue weighted by atomic mass is 10.0. The fraction of sp³-hybridized carbons (Fsp3) is 0.500. The molecule has 1 saturated heterocycles. The van der Waals surface area contributed by atoms with E-state index >= 15 is 0 Å². The first-order valence-electron chi connectivity index (χ1n) is 7.50. The molecule has 1 aliphatic rings. The van der Waals surface area contributed by atoms with Gasteiger partial charge in [0, 0.05) is 17.5 Å². The molecule has 1 atom stereocenters. The van der Waals surface area contributed by atoms with Crippen molar-refractivity contribution in [3.05, 3.63) is 28.3 Å². The van der Waals surface area contributed by atoms with Crippen LogP contribution in [0.4, 0.5) is 0 Å². The molecule has 5 nitrogen and oxygen atoms in total. The number of nitrogens with zero attached hydrogens (tertiary/aromatic N) is 2. The summed E-state index contributed by atoms with van der Waals surface area (Å²) < 4.78 is 10.7. The number of piperidine rings is 1. The number of likely N-dealkylation sites (tertiary alicyclic amines) is 1. The molecule has 2 aromatic heterocycles. The van der Waals surface area contributed by atoms with Gasteiger partial charge in [-0.2, -0.15) is 11.3 Å². The number of methoxy groups -OCH3 is 1. The van der Waals surface area contributed by atoms with Crippen molar-refractivity contribution < 1.29 is 13.9 Å². The van der Waals surface area contributed by atoms with Crippen molar-refractivity contribution in [3.63, 3.8) is 0 Å². The standard InChI is InChI=1S/C16H20N2O3S/c1-11-13(17-15(21-11)12-6-8-22-10-12)9-18-7-4-3-5-14(18)16(19)20-2/h6,8,10,14H,3-5,7,9H2,1-2H3/t14-/m1/s1. The van der Waals surface area contributed by atoms with Crippen LogP contribution in [0.25, 0.3) is 11.5 Å².